The molecule has 1 aliphatic carbocycles. The van der Waals surface area contributed by atoms with Gasteiger partial charge in [-0.2, -0.15) is 5.10 Å². The van der Waals surface area contributed by atoms with Gasteiger partial charge in [-0.15, -0.1) is 37.2 Å². The molecule has 3 unspecified atom stereocenters. The number of piperidine rings is 1. The first-order valence-electron chi connectivity index (χ1n) is 15.9. The van der Waals surface area contributed by atoms with Crippen molar-refractivity contribution in [3.05, 3.63) is 82.9 Å². The smallest absolute Gasteiger partial charge is 0.321 e. The first-order valence-corrected chi connectivity index (χ1v) is 15.9. The molecule has 2 aliphatic rings. The maximum absolute atomic E-state index is 14.3. The number of likely N-dealkylation sites (N-methyl/N-ethyl adjacent to an activating group) is 1. The predicted octanol–water partition coefficient (Wildman–Crippen LogP) is 7.59. The van der Waals surface area contributed by atoms with Gasteiger partial charge in [0.15, 0.2) is 0 Å². The molecular formula is C35H50Cl3FN4O3. The minimum Gasteiger partial charge on any atom is -0.494 e. The summed E-state index contributed by atoms with van der Waals surface area (Å²) in [5, 5.41) is 17.9. The van der Waals surface area contributed by atoms with Crippen molar-refractivity contribution in [1.29, 1.82) is 0 Å². The Labute approximate surface area is 291 Å². The van der Waals surface area contributed by atoms with Gasteiger partial charge in [0, 0.05) is 30.6 Å². The number of carboxylic acid groups (broad SMARTS) is 1. The molecule has 1 aromatic heterocycles. The molecule has 5 rings (SSSR count). The number of nitrogens with one attached hydrogen (secondary N) is 1. The van der Waals surface area contributed by atoms with E-state index in [2.05, 4.69) is 38.2 Å². The largest absolute Gasteiger partial charge is 0.494 e. The Bertz CT molecular complexity index is 1350. The van der Waals surface area contributed by atoms with E-state index in [1.807, 2.05) is 46.0 Å². The Morgan fingerprint density at radius 2 is 1.78 bits per heavy atom. The van der Waals surface area contributed by atoms with Crippen LogP contribution in [0.5, 0.6) is 5.75 Å². The first-order chi connectivity index (χ1) is 20.7. The summed E-state index contributed by atoms with van der Waals surface area (Å²) < 4.78 is 19.8. The van der Waals surface area contributed by atoms with Gasteiger partial charge in [0.25, 0.3) is 0 Å². The van der Waals surface area contributed by atoms with E-state index in [1.54, 1.807) is 12.1 Å². The number of benzene rings is 2. The summed E-state index contributed by atoms with van der Waals surface area (Å²) in [6.45, 7) is 9.56. The van der Waals surface area contributed by atoms with Crippen LogP contribution in [0.3, 0.4) is 0 Å². The van der Waals surface area contributed by atoms with Gasteiger partial charge in [-0.3, -0.25) is 14.8 Å². The van der Waals surface area contributed by atoms with E-state index >= 15 is 0 Å². The molecule has 11 heteroatoms. The maximum atomic E-state index is 14.3. The summed E-state index contributed by atoms with van der Waals surface area (Å²) in [6.07, 6.45) is 4.70. The van der Waals surface area contributed by atoms with Gasteiger partial charge in [-0.1, -0.05) is 38.1 Å². The number of aromatic amines is 1. The Hall–Kier alpha value is -2.36. The molecule has 46 heavy (non-hydrogen) atoms. The van der Waals surface area contributed by atoms with E-state index in [0.717, 1.165) is 68.7 Å². The number of rotatable bonds is 12. The minimum absolute atomic E-state index is 0. The van der Waals surface area contributed by atoms with Crippen LogP contribution in [-0.4, -0.2) is 76.4 Å². The lowest BCUT2D eigenvalue weighted by atomic mass is 9.87. The Balaban J connectivity index is 0.00000245. The molecule has 1 saturated heterocycles. The van der Waals surface area contributed by atoms with Gasteiger partial charge in [0.1, 0.15) is 17.6 Å². The Morgan fingerprint density at radius 1 is 1.09 bits per heavy atom. The van der Waals surface area contributed by atoms with Crippen LogP contribution in [0.15, 0.2) is 54.6 Å². The summed E-state index contributed by atoms with van der Waals surface area (Å²) in [5.74, 6) is 0.940. The lowest BCUT2D eigenvalue weighted by Crippen LogP contribution is -2.47. The van der Waals surface area contributed by atoms with E-state index in [0.29, 0.717) is 18.4 Å². The number of H-pyrrole nitrogens is 1. The molecule has 0 radical (unpaired) electrons. The first kappa shape index (κ1) is 39.8. The van der Waals surface area contributed by atoms with Crippen LogP contribution in [0.4, 0.5) is 4.39 Å². The van der Waals surface area contributed by atoms with Crippen LogP contribution in [0.2, 0.25) is 0 Å². The van der Waals surface area contributed by atoms with Gasteiger partial charge in [0.2, 0.25) is 0 Å². The summed E-state index contributed by atoms with van der Waals surface area (Å²) in [5.41, 5.74) is 4.52. The van der Waals surface area contributed by atoms with Crippen LogP contribution in [0.25, 0.3) is 0 Å². The van der Waals surface area contributed by atoms with Gasteiger partial charge < -0.3 is 14.7 Å². The number of nitrogens with zero attached hydrogens (tertiary/aromatic N) is 3. The van der Waals surface area contributed by atoms with Gasteiger partial charge >= 0.3 is 5.97 Å². The van der Waals surface area contributed by atoms with E-state index in [1.165, 1.54) is 17.3 Å². The lowest BCUT2D eigenvalue weighted by molar-refractivity contribution is -0.145. The second kappa shape index (κ2) is 18.3. The number of likely N-dealkylation sites (tertiary alicyclic amines) is 1. The third kappa shape index (κ3) is 9.83. The van der Waals surface area contributed by atoms with Gasteiger partial charge in [-0.05, 0) is 112 Å². The maximum Gasteiger partial charge on any atom is 0.321 e. The molecule has 1 saturated carbocycles. The average Bonchev–Trinajstić information content (AvgIpc) is 3.62. The fraction of sp³-hybridized carbons (Fsp3) is 0.543. The van der Waals surface area contributed by atoms with E-state index in [-0.39, 0.29) is 60.9 Å². The fourth-order valence-electron chi connectivity index (χ4n) is 7.45. The minimum atomic E-state index is -0.772. The summed E-state index contributed by atoms with van der Waals surface area (Å²) in [4.78, 5) is 16.7. The van der Waals surface area contributed by atoms with Crippen molar-refractivity contribution in [1.82, 2.24) is 20.0 Å². The van der Waals surface area contributed by atoms with Crippen LogP contribution in [-0.2, 0) is 11.2 Å². The number of ether oxygens (including phenoxy) is 1. The van der Waals surface area contributed by atoms with Crippen molar-refractivity contribution in [2.45, 2.75) is 76.8 Å². The summed E-state index contributed by atoms with van der Waals surface area (Å²) in [7, 11) is 1.95. The Kier molecular flexibility index (Phi) is 15.8. The topological polar surface area (TPSA) is 81.7 Å². The van der Waals surface area contributed by atoms with Crippen LogP contribution in [0, 0.1) is 17.7 Å². The number of carbonyl (C=O) groups is 1. The summed E-state index contributed by atoms with van der Waals surface area (Å²) in [6, 6.07) is 17.1. The van der Waals surface area contributed by atoms with Crippen molar-refractivity contribution >= 4 is 43.2 Å². The zero-order chi connectivity index (χ0) is 30.5. The van der Waals surface area contributed by atoms with Crippen LogP contribution >= 0.6 is 37.2 Å². The molecule has 2 fully saturated rings. The average molecular weight is 700 g/mol. The molecule has 7 nitrogen and oxygen atoms in total. The zero-order valence-electron chi connectivity index (χ0n) is 27.2. The fourth-order valence-corrected chi connectivity index (χ4v) is 7.45. The summed E-state index contributed by atoms with van der Waals surface area (Å²) >= 11 is 0. The molecule has 256 valence electrons. The van der Waals surface area contributed by atoms with Crippen molar-refractivity contribution in [3.8, 4) is 5.75 Å². The van der Waals surface area contributed by atoms with Crippen LogP contribution in [0.1, 0.15) is 80.8 Å². The highest BCUT2D eigenvalue weighted by Crippen LogP contribution is 2.43. The molecule has 1 aliphatic heterocycles. The zero-order valence-corrected chi connectivity index (χ0v) is 29.7. The van der Waals surface area contributed by atoms with E-state index in [9.17, 15) is 14.3 Å². The number of aliphatic carboxylic acids is 1. The molecule has 3 aromatic rings. The van der Waals surface area contributed by atoms with Gasteiger partial charge in [-0.25, -0.2) is 4.39 Å². The molecule has 2 aromatic carbocycles. The number of halogens is 4. The van der Waals surface area contributed by atoms with Crippen molar-refractivity contribution in [2.24, 2.45) is 11.8 Å². The third-order valence-electron chi connectivity index (χ3n) is 9.64. The standard InChI is InChI=1S/C35H47FN4O3.3ClH/c1-5-43-31-11-9-24(10-12-31)17-29-20-33(38-37-29)25-13-15-40(16-14-25)22-27-19-30(39(4)34(23(2)3)35(41)42)21-32(27)26-7-6-8-28(36)18-26;;;/h6-12,18,20,23,25,27,30,32,34H,5,13-17,19,21-22H2,1-4H3,(H,37,38)(H,41,42);3*1H/t27?,30?,32?,34-;;;/m1.../s1. The SMILES string of the molecule is CCOc1ccc(Cc2cc(C3CCN(CC4CC(N(C)[C@@H](C(=O)O)C(C)C)CC4c4cccc(F)c4)CC3)[nH]n2)cc1.Cl.Cl.Cl. The second-order valence-corrected chi connectivity index (χ2v) is 12.9. The highest BCUT2D eigenvalue weighted by Gasteiger charge is 2.41. The Morgan fingerprint density at radius 3 is 2.39 bits per heavy atom. The van der Waals surface area contributed by atoms with E-state index < -0.39 is 12.0 Å². The third-order valence-corrected chi connectivity index (χ3v) is 9.64. The molecule has 0 bridgehead atoms. The second-order valence-electron chi connectivity index (χ2n) is 12.9. The molecule has 0 spiro atoms. The molecular weight excluding hydrogens is 650 g/mol. The number of hydrogen-bond donors (Lipinski definition) is 2. The highest BCUT2D eigenvalue weighted by atomic mass is 35.5. The lowest BCUT2D eigenvalue weighted by Gasteiger charge is -2.35. The normalized spacial score (nSPS) is 20.9. The molecule has 2 heterocycles. The molecule has 2 N–H and O–H groups in total. The monoisotopic (exact) mass is 698 g/mol. The molecule has 4 atom stereocenters. The van der Waals surface area contributed by atoms with Gasteiger partial charge in [0.05, 0.1) is 12.3 Å². The van der Waals surface area contributed by atoms with Crippen molar-refractivity contribution in [2.75, 3.05) is 33.3 Å². The highest BCUT2D eigenvalue weighted by molar-refractivity contribution is 5.86. The van der Waals surface area contributed by atoms with Crippen LogP contribution < -0.4 is 4.74 Å². The van der Waals surface area contributed by atoms with E-state index in [4.69, 9.17) is 4.74 Å². The van der Waals surface area contributed by atoms with Crippen molar-refractivity contribution < 1.29 is 19.0 Å². The molecule has 0 amide bonds. The predicted molar refractivity (Wildman–Crippen MR) is 189 cm³/mol. The quantitative estimate of drug-likeness (QED) is 0.203. The van der Waals surface area contributed by atoms with Crippen molar-refractivity contribution in [3.63, 3.8) is 0 Å². The number of aromatic nitrogens is 2. The number of carboxylic acids is 1. The number of hydrogen-bond acceptors (Lipinski definition) is 5.